The lowest BCUT2D eigenvalue weighted by atomic mass is 10.1. The molecule has 1 aliphatic rings. The number of nitrogens with one attached hydrogen (secondary N) is 2. The van der Waals surface area contributed by atoms with E-state index in [-0.39, 0.29) is 5.91 Å². The first-order valence-electron chi connectivity index (χ1n) is 6.81. The molecule has 1 aromatic rings. The van der Waals surface area contributed by atoms with Crippen molar-refractivity contribution in [2.45, 2.75) is 26.2 Å². The SMILES string of the molecule is Cc1ccc(C(=O)NCCNCCC2CC2)cc1. The lowest BCUT2D eigenvalue weighted by Crippen LogP contribution is -2.32. The second kappa shape index (κ2) is 6.55. The van der Waals surface area contributed by atoms with Gasteiger partial charge in [0, 0.05) is 18.7 Å². The number of benzene rings is 1. The average molecular weight is 246 g/mol. The van der Waals surface area contributed by atoms with Crippen LogP contribution in [0.1, 0.15) is 35.2 Å². The molecule has 2 rings (SSSR count). The maximum atomic E-state index is 11.8. The summed E-state index contributed by atoms with van der Waals surface area (Å²) >= 11 is 0. The fourth-order valence-electron chi connectivity index (χ4n) is 1.91. The van der Waals surface area contributed by atoms with E-state index in [2.05, 4.69) is 10.6 Å². The van der Waals surface area contributed by atoms with Crippen LogP contribution in [-0.4, -0.2) is 25.5 Å². The van der Waals surface area contributed by atoms with Gasteiger partial charge in [0.25, 0.3) is 5.91 Å². The third kappa shape index (κ3) is 4.49. The van der Waals surface area contributed by atoms with Crippen molar-refractivity contribution in [1.82, 2.24) is 10.6 Å². The topological polar surface area (TPSA) is 41.1 Å². The second-order valence-corrected chi connectivity index (χ2v) is 5.10. The van der Waals surface area contributed by atoms with Gasteiger partial charge in [0.1, 0.15) is 0 Å². The number of amides is 1. The minimum atomic E-state index is 0.0130. The third-order valence-electron chi connectivity index (χ3n) is 3.33. The fraction of sp³-hybridized carbons (Fsp3) is 0.533. The van der Waals surface area contributed by atoms with Gasteiger partial charge >= 0.3 is 0 Å². The van der Waals surface area contributed by atoms with Crippen molar-refractivity contribution in [1.29, 1.82) is 0 Å². The van der Waals surface area contributed by atoms with E-state index < -0.39 is 0 Å². The van der Waals surface area contributed by atoms with Crippen LogP contribution < -0.4 is 10.6 Å². The lowest BCUT2D eigenvalue weighted by molar-refractivity contribution is 0.0954. The van der Waals surface area contributed by atoms with E-state index in [9.17, 15) is 4.79 Å². The number of hydrogen-bond acceptors (Lipinski definition) is 2. The van der Waals surface area contributed by atoms with Crippen LogP contribution in [0, 0.1) is 12.8 Å². The predicted octanol–water partition coefficient (Wildman–Crippen LogP) is 2.11. The first kappa shape index (κ1) is 13.1. The van der Waals surface area contributed by atoms with Gasteiger partial charge in [-0.15, -0.1) is 0 Å². The van der Waals surface area contributed by atoms with Gasteiger partial charge in [-0.25, -0.2) is 0 Å². The number of carbonyl (C=O) groups is 1. The zero-order valence-electron chi connectivity index (χ0n) is 11.0. The summed E-state index contributed by atoms with van der Waals surface area (Å²) in [6.07, 6.45) is 4.10. The van der Waals surface area contributed by atoms with Gasteiger partial charge in [0.2, 0.25) is 0 Å². The Kier molecular flexibility index (Phi) is 4.76. The quantitative estimate of drug-likeness (QED) is 0.724. The van der Waals surface area contributed by atoms with E-state index >= 15 is 0 Å². The summed E-state index contributed by atoms with van der Waals surface area (Å²) in [5.74, 6) is 0.985. The molecule has 0 spiro atoms. The normalized spacial score (nSPS) is 14.5. The molecule has 0 aromatic heterocycles. The van der Waals surface area contributed by atoms with Crippen molar-refractivity contribution in [3.8, 4) is 0 Å². The highest BCUT2D eigenvalue weighted by Gasteiger charge is 2.19. The van der Waals surface area contributed by atoms with E-state index in [0.717, 1.165) is 24.6 Å². The summed E-state index contributed by atoms with van der Waals surface area (Å²) in [5.41, 5.74) is 1.91. The second-order valence-electron chi connectivity index (χ2n) is 5.10. The predicted molar refractivity (Wildman–Crippen MR) is 73.7 cm³/mol. The summed E-state index contributed by atoms with van der Waals surface area (Å²) in [6.45, 7) is 4.64. The van der Waals surface area contributed by atoms with Gasteiger partial charge in [-0.3, -0.25) is 4.79 Å². The molecule has 1 aliphatic carbocycles. The van der Waals surface area contributed by atoms with Crippen LogP contribution in [0.5, 0.6) is 0 Å². The molecule has 2 N–H and O–H groups in total. The zero-order chi connectivity index (χ0) is 12.8. The molecule has 1 saturated carbocycles. The first-order valence-corrected chi connectivity index (χ1v) is 6.81. The van der Waals surface area contributed by atoms with Crippen molar-refractivity contribution >= 4 is 5.91 Å². The van der Waals surface area contributed by atoms with Crippen molar-refractivity contribution in [2.75, 3.05) is 19.6 Å². The molecule has 0 bridgehead atoms. The number of rotatable bonds is 7. The summed E-state index contributed by atoms with van der Waals surface area (Å²) in [6, 6.07) is 7.65. The molecule has 0 atom stereocenters. The van der Waals surface area contributed by atoms with Gasteiger partial charge in [0.15, 0.2) is 0 Å². The van der Waals surface area contributed by atoms with Gasteiger partial charge in [-0.2, -0.15) is 0 Å². The standard InChI is InChI=1S/C15H22N2O/c1-12-2-6-14(7-3-12)15(18)17-11-10-16-9-8-13-4-5-13/h2-3,6-7,13,16H,4-5,8-11H2,1H3,(H,17,18). The summed E-state index contributed by atoms with van der Waals surface area (Å²) in [5, 5.41) is 6.28. The molecular formula is C15H22N2O. The monoisotopic (exact) mass is 246 g/mol. The highest BCUT2D eigenvalue weighted by molar-refractivity contribution is 5.94. The Morgan fingerprint density at radius 3 is 2.56 bits per heavy atom. The molecule has 98 valence electrons. The van der Waals surface area contributed by atoms with E-state index in [1.165, 1.54) is 24.8 Å². The molecular weight excluding hydrogens is 224 g/mol. The van der Waals surface area contributed by atoms with Gasteiger partial charge in [-0.1, -0.05) is 30.5 Å². The van der Waals surface area contributed by atoms with Gasteiger partial charge < -0.3 is 10.6 Å². The van der Waals surface area contributed by atoms with E-state index in [0.29, 0.717) is 6.54 Å². The molecule has 0 heterocycles. The van der Waals surface area contributed by atoms with E-state index in [1.54, 1.807) is 0 Å². The minimum Gasteiger partial charge on any atom is -0.351 e. The number of hydrogen-bond donors (Lipinski definition) is 2. The molecule has 1 aromatic carbocycles. The number of carbonyl (C=O) groups excluding carboxylic acids is 1. The Morgan fingerprint density at radius 2 is 1.89 bits per heavy atom. The molecule has 3 nitrogen and oxygen atoms in total. The van der Waals surface area contributed by atoms with Crippen LogP contribution in [0.25, 0.3) is 0 Å². The Hall–Kier alpha value is -1.35. The Bertz CT molecular complexity index is 382. The molecule has 0 radical (unpaired) electrons. The van der Waals surface area contributed by atoms with Crippen LogP contribution in [0.4, 0.5) is 0 Å². The van der Waals surface area contributed by atoms with E-state index in [4.69, 9.17) is 0 Å². The van der Waals surface area contributed by atoms with Crippen molar-refractivity contribution in [3.05, 3.63) is 35.4 Å². The third-order valence-corrected chi connectivity index (χ3v) is 3.33. The first-order chi connectivity index (χ1) is 8.75. The highest BCUT2D eigenvalue weighted by atomic mass is 16.1. The Labute approximate surface area is 109 Å². The summed E-state index contributed by atoms with van der Waals surface area (Å²) < 4.78 is 0. The molecule has 0 unspecified atom stereocenters. The van der Waals surface area contributed by atoms with Crippen LogP contribution >= 0.6 is 0 Å². The zero-order valence-corrected chi connectivity index (χ0v) is 11.0. The molecule has 1 fully saturated rings. The molecule has 3 heteroatoms. The Morgan fingerprint density at radius 1 is 1.17 bits per heavy atom. The fourth-order valence-corrected chi connectivity index (χ4v) is 1.91. The van der Waals surface area contributed by atoms with Crippen LogP contribution in [0.15, 0.2) is 24.3 Å². The molecule has 1 amide bonds. The average Bonchev–Trinajstić information content (AvgIpc) is 3.18. The van der Waals surface area contributed by atoms with Crippen LogP contribution in [-0.2, 0) is 0 Å². The highest BCUT2D eigenvalue weighted by Crippen LogP contribution is 2.31. The summed E-state index contributed by atoms with van der Waals surface area (Å²) in [4.78, 5) is 11.8. The molecule has 0 saturated heterocycles. The van der Waals surface area contributed by atoms with Crippen LogP contribution in [0.2, 0.25) is 0 Å². The van der Waals surface area contributed by atoms with Gasteiger partial charge in [-0.05, 0) is 37.9 Å². The lowest BCUT2D eigenvalue weighted by Gasteiger charge is -2.07. The van der Waals surface area contributed by atoms with Crippen molar-refractivity contribution in [2.24, 2.45) is 5.92 Å². The van der Waals surface area contributed by atoms with Crippen molar-refractivity contribution < 1.29 is 4.79 Å². The maximum absolute atomic E-state index is 11.8. The maximum Gasteiger partial charge on any atom is 0.251 e. The van der Waals surface area contributed by atoms with Gasteiger partial charge in [0.05, 0.1) is 0 Å². The smallest absolute Gasteiger partial charge is 0.251 e. The largest absolute Gasteiger partial charge is 0.351 e. The van der Waals surface area contributed by atoms with Crippen molar-refractivity contribution in [3.63, 3.8) is 0 Å². The van der Waals surface area contributed by atoms with E-state index in [1.807, 2.05) is 31.2 Å². The summed E-state index contributed by atoms with van der Waals surface area (Å²) in [7, 11) is 0. The molecule has 0 aliphatic heterocycles. The number of aryl methyl sites for hydroxylation is 1. The van der Waals surface area contributed by atoms with Crippen LogP contribution in [0.3, 0.4) is 0 Å². The minimum absolute atomic E-state index is 0.0130. The Balaban J connectivity index is 1.57. The molecule has 18 heavy (non-hydrogen) atoms.